The van der Waals surface area contributed by atoms with Crippen LogP contribution < -0.4 is 0 Å². The quantitative estimate of drug-likeness (QED) is 0.583. The van der Waals surface area contributed by atoms with Gasteiger partial charge in [0.1, 0.15) is 5.51 Å². The minimum Gasteiger partial charge on any atom is -0.218 e. The summed E-state index contributed by atoms with van der Waals surface area (Å²) in [5, 5.41) is 3.07. The summed E-state index contributed by atoms with van der Waals surface area (Å²) in [5.74, 6) is 0. The number of nitrogens with zero attached hydrogens (tertiary/aromatic N) is 2. The van der Waals surface area contributed by atoms with Crippen molar-refractivity contribution < 1.29 is 0 Å². The Morgan fingerprint density at radius 2 is 2.56 bits per heavy atom. The molecular weight excluding hydrogens is 152 g/mol. The predicted molar refractivity (Wildman–Crippen MR) is 43.4 cm³/mol. The minimum atomic E-state index is 0.154. The average Bonchev–Trinajstić information content (AvgIpc) is 2.37. The van der Waals surface area contributed by atoms with Crippen molar-refractivity contribution in [1.29, 1.82) is 0 Å². The van der Waals surface area contributed by atoms with E-state index in [0.29, 0.717) is 0 Å². The van der Waals surface area contributed by atoms with E-state index in [1.807, 2.05) is 6.92 Å². The molecule has 1 unspecified atom stereocenters. The zero-order valence-electron chi connectivity index (χ0n) is 5.37. The van der Waals surface area contributed by atoms with E-state index in [-0.39, 0.29) is 10.5 Å². The van der Waals surface area contributed by atoms with Gasteiger partial charge in [-0.3, -0.25) is 0 Å². The first kappa shape index (κ1) is 6.89. The topological polar surface area (TPSA) is 25.8 Å². The largest absolute Gasteiger partial charge is 0.218 e. The Hall–Kier alpha value is -0.220. The lowest BCUT2D eigenvalue weighted by Gasteiger charge is -1.89. The monoisotopic (exact) mass is 160 g/mol. The van der Waals surface area contributed by atoms with Gasteiger partial charge in [0.25, 0.3) is 0 Å². The molecule has 4 heteroatoms. The third kappa shape index (κ3) is 1.59. The van der Waals surface area contributed by atoms with Gasteiger partial charge in [-0.05, 0) is 24.7 Å². The molecule has 0 aromatic carbocycles. The van der Waals surface area contributed by atoms with E-state index in [9.17, 15) is 0 Å². The van der Waals surface area contributed by atoms with Gasteiger partial charge in [0.15, 0.2) is 5.16 Å². The van der Waals surface area contributed by atoms with E-state index in [1.165, 1.54) is 11.5 Å². The molecule has 2 nitrogen and oxygen atoms in total. The van der Waals surface area contributed by atoms with Crippen molar-refractivity contribution >= 4 is 27.4 Å². The molecule has 0 bridgehead atoms. The predicted octanol–water partition coefficient (Wildman–Crippen LogP) is 1.62. The molecule has 0 aliphatic rings. The second kappa shape index (κ2) is 3.08. The third-order valence-electron chi connectivity index (χ3n) is 0.983. The number of hydrogen-bond donors (Lipinski definition) is 0. The Labute approximate surface area is 61.0 Å². The summed E-state index contributed by atoms with van der Waals surface area (Å²) in [6.07, 6.45) is 2.11. The molecule has 50 valence electrons. The highest BCUT2D eigenvalue weighted by atomic mass is 32.2. The molecule has 0 aliphatic heterocycles. The van der Waals surface area contributed by atoms with Gasteiger partial charge in [0, 0.05) is 0 Å². The van der Waals surface area contributed by atoms with Gasteiger partial charge in [-0.1, -0.05) is 5.37 Å². The summed E-state index contributed by atoms with van der Waals surface area (Å²) in [6, 6.07) is 0. The van der Waals surface area contributed by atoms with Crippen molar-refractivity contribution in [2.75, 3.05) is 6.26 Å². The Kier molecular flexibility index (Phi) is 2.36. The van der Waals surface area contributed by atoms with Crippen molar-refractivity contribution in [1.82, 2.24) is 9.36 Å². The average molecular weight is 160 g/mol. The van der Waals surface area contributed by atoms with Crippen LogP contribution in [0.25, 0.3) is 0 Å². The molecular formula is C5H8N2S2. The maximum absolute atomic E-state index is 4.10. The first-order chi connectivity index (χ1) is 4.34. The van der Waals surface area contributed by atoms with Crippen LogP contribution in [0.4, 0.5) is 0 Å². The fourth-order valence-corrected chi connectivity index (χ4v) is 1.84. The second-order valence-electron chi connectivity index (χ2n) is 1.51. The third-order valence-corrected chi connectivity index (χ3v) is 3.06. The molecule has 0 spiro atoms. The Bertz CT molecular complexity index is 203. The normalized spacial score (nSPS) is 14.0. The van der Waals surface area contributed by atoms with Gasteiger partial charge in [-0.2, -0.15) is 4.37 Å². The Balaban J connectivity index is 2.90. The summed E-state index contributed by atoms with van der Waals surface area (Å²) < 4.78 is 4.10. The summed E-state index contributed by atoms with van der Waals surface area (Å²) in [4.78, 5) is 4.08. The highest BCUT2D eigenvalue weighted by Gasteiger charge is 1.93. The lowest BCUT2D eigenvalue weighted by molar-refractivity contribution is 1.08. The van der Waals surface area contributed by atoms with Crippen LogP contribution in [0, 0.1) is 0 Å². The highest BCUT2D eigenvalue weighted by molar-refractivity contribution is 8.14. The van der Waals surface area contributed by atoms with E-state index in [4.69, 9.17) is 0 Å². The standard InChI is InChI=1S/C5H8N2S2/c1-3-9(2)5-6-4-8-7-5/h3-4H,1-2H3. The fourth-order valence-electron chi connectivity index (χ4n) is 0.408. The number of aromatic nitrogens is 2. The molecule has 0 saturated heterocycles. The molecule has 0 N–H and O–H groups in total. The molecule has 0 aliphatic carbocycles. The van der Waals surface area contributed by atoms with Crippen LogP contribution in [0.5, 0.6) is 0 Å². The van der Waals surface area contributed by atoms with Gasteiger partial charge >= 0.3 is 0 Å². The zero-order chi connectivity index (χ0) is 6.69. The van der Waals surface area contributed by atoms with Crippen molar-refractivity contribution in [2.24, 2.45) is 0 Å². The lowest BCUT2D eigenvalue weighted by atomic mass is 11.0. The van der Waals surface area contributed by atoms with Crippen LogP contribution in [-0.4, -0.2) is 21.0 Å². The molecule has 9 heavy (non-hydrogen) atoms. The SMILES string of the molecule is C/C=S(/C)c1ncsn1. The van der Waals surface area contributed by atoms with Crippen LogP contribution in [-0.2, 0) is 0 Å². The molecule has 0 saturated carbocycles. The Morgan fingerprint density at radius 3 is 3.00 bits per heavy atom. The van der Waals surface area contributed by atoms with E-state index in [2.05, 4.69) is 21.0 Å². The van der Waals surface area contributed by atoms with Gasteiger partial charge in [-0.25, -0.2) is 4.98 Å². The zero-order valence-corrected chi connectivity index (χ0v) is 7.00. The van der Waals surface area contributed by atoms with Gasteiger partial charge in [-0.15, -0.1) is 10.5 Å². The maximum Gasteiger partial charge on any atom is 0.193 e. The molecule has 1 aromatic rings. The molecule has 0 radical (unpaired) electrons. The van der Waals surface area contributed by atoms with Crippen molar-refractivity contribution in [2.45, 2.75) is 12.1 Å². The molecule has 1 atom stereocenters. The van der Waals surface area contributed by atoms with Gasteiger partial charge < -0.3 is 0 Å². The summed E-state index contributed by atoms with van der Waals surface area (Å²) in [7, 11) is 0.154. The molecule has 0 amide bonds. The number of hydrogen-bond acceptors (Lipinski definition) is 3. The number of rotatable bonds is 1. The first-order valence-electron chi connectivity index (χ1n) is 2.55. The van der Waals surface area contributed by atoms with Crippen LogP contribution in [0.2, 0.25) is 0 Å². The summed E-state index contributed by atoms with van der Waals surface area (Å²) in [5.41, 5.74) is 1.77. The minimum absolute atomic E-state index is 0.154. The second-order valence-corrected chi connectivity index (χ2v) is 4.06. The first-order valence-corrected chi connectivity index (χ1v) is 5.08. The van der Waals surface area contributed by atoms with Crippen LogP contribution >= 0.6 is 22.0 Å². The smallest absolute Gasteiger partial charge is 0.193 e. The maximum atomic E-state index is 4.10. The molecule has 1 aromatic heterocycles. The van der Waals surface area contributed by atoms with Gasteiger partial charge in [0.2, 0.25) is 0 Å². The van der Waals surface area contributed by atoms with Crippen molar-refractivity contribution in [3.63, 3.8) is 0 Å². The van der Waals surface area contributed by atoms with Crippen LogP contribution in [0.3, 0.4) is 0 Å². The molecule has 0 fully saturated rings. The summed E-state index contributed by atoms with van der Waals surface area (Å²) >= 11 is 1.41. The van der Waals surface area contributed by atoms with E-state index in [0.717, 1.165) is 5.16 Å². The molecule has 1 rings (SSSR count). The summed E-state index contributed by atoms with van der Waals surface area (Å²) in [6.45, 7) is 2.03. The van der Waals surface area contributed by atoms with Gasteiger partial charge in [0.05, 0.1) is 0 Å². The van der Waals surface area contributed by atoms with E-state index < -0.39 is 0 Å². The van der Waals surface area contributed by atoms with Crippen LogP contribution in [0.1, 0.15) is 6.92 Å². The van der Waals surface area contributed by atoms with Crippen molar-refractivity contribution in [3.05, 3.63) is 5.51 Å². The van der Waals surface area contributed by atoms with Crippen LogP contribution in [0.15, 0.2) is 10.7 Å². The molecule has 1 heterocycles. The Morgan fingerprint density at radius 1 is 1.78 bits per heavy atom. The lowest BCUT2D eigenvalue weighted by Crippen LogP contribution is -1.75. The highest BCUT2D eigenvalue weighted by Crippen LogP contribution is 2.16. The fraction of sp³-hybridized carbons (Fsp3) is 0.400. The van der Waals surface area contributed by atoms with E-state index >= 15 is 0 Å². The van der Waals surface area contributed by atoms with Crippen molar-refractivity contribution in [3.8, 4) is 0 Å². The van der Waals surface area contributed by atoms with E-state index in [1.54, 1.807) is 5.51 Å².